The molecule has 1 aliphatic heterocycles. The van der Waals surface area contributed by atoms with E-state index in [0.29, 0.717) is 32.0 Å². The van der Waals surface area contributed by atoms with Gasteiger partial charge in [-0.3, -0.25) is 0 Å². The second kappa shape index (κ2) is 7.21. The number of sulfonamides is 1. The van der Waals surface area contributed by atoms with E-state index < -0.39 is 26.6 Å². The van der Waals surface area contributed by atoms with Crippen molar-refractivity contribution in [2.75, 3.05) is 13.1 Å². The minimum Gasteiger partial charge on any atom is -0.328 e. The summed E-state index contributed by atoms with van der Waals surface area (Å²) < 4.78 is 53.3. The molecule has 22 heavy (non-hydrogen) atoms. The van der Waals surface area contributed by atoms with E-state index in [-0.39, 0.29) is 29.9 Å². The van der Waals surface area contributed by atoms with Gasteiger partial charge in [-0.25, -0.2) is 17.2 Å². The molecule has 4 nitrogen and oxygen atoms in total. The Labute approximate surface area is 136 Å². The molecule has 1 aromatic rings. The maximum Gasteiger partial charge on any atom is 0.245 e. The van der Waals surface area contributed by atoms with E-state index in [0.717, 1.165) is 6.07 Å². The first-order valence-corrected chi connectivity index (χ1v) is 8.39. The van der Waals surface area contributed by atoms with Crippen LogP contribution in [0.15, 0.2) is 17.0 Å². The van der Waals surface area contributed by atoms with E-state index in [4.69, 9.17) is 5.73 Å². The van der Waals surface area contributed by atoms with Gasteiger partial charge in [-0.2, -0.15) is 4.31 Å². The average Bonchev–Trinajstić information content (AvgIpc) is 2.42. The van der Waals surface area contributed by atoms with Gasteiger partial charge in [0.1, 0.15) is 16.5 Å². The monoisotopic (exact) mass is 354 g/mol. The lowest BCUT2D eigenvalue weighted by Crippen LogP contribution is -2.42. The number of hydrogen-bond acceptors (Lipinski definition) is 3. The molecule has 1 unspecified atom stereocenters. The lowest BCUT2D eigenvalue weighted by atomic mass is 9.92. The van der Waals surface area contributed by atoms with Crippen molar-refractivity contribution in [3.05, 3.63) is 29.3 Å². The summed E-state index contributed by atoms with van der Waals surface area (Å²) >= 11 is 0. The van der Waals surface area contributed by atoms with Gasteiger partial charge in [-0.05, 0) is 44.2 Å². The first-order chi connectivity index (χ1) is 9.73. The molecule has 0 spiro atoms. The smallest absolute Gasteiger partial charge is 0.245 e. The van der Waals surface area contributed by atoms with Crippen molar-refractivity contribution in [3.8, 4) is 0 Å². The van der Waals surface area contributed by atoms with Crippen LogP contribution in [-0.4, -0.2) is 31.9 Å². The van der Waals surface area contributed by atoms with Crippen molar-refractivity contribution in [1.82, 2.24) is 4.31 Å². The van der Waals surface area contributed by atoms with Gasteiger partial charge in [0.2, 0.25) is 10.0 Å². The minimum atomic E-state index is -3.93. The summed E-state index contributed by atoms with van der Waals surface area (Å²) in [6.07, 6.45) is 1.30. The van der Waals surface area contributed by atoms with Crippen LogP contribution >= 0.6 is 12.4 Å². The molecular formula is C14H21ClF2N2O2S. The largest absolute Gasteiger partial charge is 0.328 e. The highest BCUT2D eigenvalue weighted by molar-refractivity contribution is 7.89. The van der Waals surface area contributed by atoms with Crippen LogP contribution < -0.4 is 5.73 Å². The molecule has 0 amide bonds. The molecule has 1 heterocycles. The van der Waals surface area contributed by atoms with Gasteiger partial charge in [0.05, 0.1) is 0 Å². The van der Waals surface area contributed by atoms with Gasteiger partial charge in [0.25, 0.3) is 0 Å². The van der Waals surface area contributed by atoms with E-state index in [2.05, 4.69) is 0 Å². The number of nitrogens with two attached hydrogens (primary N) is 1. The SMILES string of the molecule is Cc1cc(S(=O)(=O)N2CCC(C(C)N)CC2)c(F)cc1F.Cl. The molecule has 0 aliphatic carbocycles. The van der Waals surface area contributed by atoms with Gasteiger partial charge >= 0.3 is 0 Å². The van der Waals surface area contributed by atoms with E-state index >= 15 is 0 Å². The second-order valence-corrected chi connectivity index (χ2v) is 7.54. The molecule has 0 bridgehead atoms. The van der Waals surface area contributed by atoms with Crippen LogP contribution in [0.25, 0.3) is 0 Å². The van der Waals surface area contributed by atoms with Gasteiger partial charge in [-0.15, -0.1) is 12.4 Å². The zero-order valence-corrected chi connectivity index (χ0v) is 14.2. The molecule has 1 atom stereocenters. The highest BCUT2D eigenvalue weighted by Crippen LogP contribution is 2.27. The molecule has 0 saturated carbocycles. The lowest BCUT2D eigenvalue weighted by Gasteiger charge is -2.33. The fourth-order valence-electron chi connectivity index (χ4n) is 2.61. The Balaban J connectivity index is 0.00000242. The predicted molar refractivity (Wildman–Crippen MR) is 83.5 cm³/mol. The summed E-state index contributed by atoms with van der Waals surface area (Å²) in [7, 11) is -3.93. The third kappa shape index (κ3) is 3.76. The molecule has 126 valence electrons. The summed E-state index contributed by atoms with van der Waals surface area (Å²) in [6, 6.07) is 1.69. The zero-order chi connectivity index (χ0) is 15.8. The highest BCUT2D eigenvalue weighted by Gasteiger charge is 2.32. The van der Waals surface area contributed by atoms with E-state index in [1.807, 2.05) is 6.92 Å². The van der Waals surface area contributed by atoms with Gasteiger partial charge < -0.3 is 5.73 Å². The Morgan fingerprint density at radius 3 is 2.27 bits per heavy atom. The minimum absolute atomic E-state index is 0. The normalized spacial score (nSPS) is 18.8. The second-order valence-electron chi connectivity index (χ2n) is 5.63. The third-order valence-electron chi connectivity index (χ3n) is 4.07. The quantitative estimate of drug-likeness (QED) is 0.906. The Hall–Kier alpha value is -0.760. The first-order valence-electron chi connectivity index (χ1n) is 6.95. The highest BCUT2D eigenvalue weighted by atomic mass is 35.5. The summed E-state index contributed by atoms with van der Waals surface area (Å²) in [6.45, 7) is 3.93. The molecule has 2 N–H and O–H groups in total. The van der Waals surface area contributed by atoms with Crippen molar-refractivity contribution in [2.45, 2.75) is 37.6 Å². The van der Waals surface area contributed by atoms with Gasteiger partial charge in [0.15, 0.2) is 0 Å². The fraction of sp³-hybridized carbons (Fsp3) is 0.571. The maximum absolute atomic E-state index is 13.8. The fourth-order valence-corrected chi connectivity index (χ4v) is 4.21. The van der Waals surface area contributed by atoms with Crippen molar-refractivity contribution in [3.63, 3.8) is 0 Å². The molecule has 1 aliphatic rings. The Kier molecular flexibility index (Phi) is 6.32. The Morgan fingerprint density at radius 2 is 1.77 bits per heavy atom. The van der Waals surface area contributed by atoms with Crippen LogP contribution in [-0.2, 0) is 10.0 Å². The van der Waals surface area contributed by atoms with Crippen molar-refractivity contribution in [1.29, 1.82) is 0 Å². The van der Waals surface area contributed by atoms with Crippen LogP contribution in [0.3, 0.4) is 0 Å². The number of piperidine rings is 1. The van der Waals surface area contributed by atoms with Crippen molar-refractivity contribution < 1.29 is 17.2 Å². The molecule has 2 rings (SSSR count). The molecule has 0 aromatic heterocycles. The summed E-state index contributed by atoms with van der Waals surface area (Å²) in [4.78, 5) is -0.458. The molecule has 8 heteroatoms. The third-order valence-corrected chi connectivity index (χ3v) is 5.99. The van der Waals surface area contributed by atoms with Crippen LogP contribution in [0.2, 0.25) is 0 Å². The Bertz CT molecular complexity index is 630. The molecular weight excluding hydrogens is 334 g/mol. The molecule has 1 fully saturated rings. The van der Waals surface area contributed by atoms with E-state index in [1.165, 1.54) is 11.2 Å². The lowest BCUT2D eigenvalue weighted by molar-refractivity contribution is 0.250. The van der Waals surface area contributed by atoms with Crippen LogP contribution in [0.1, 0.15) is 25.3 Å². The van der Waals surface area contributed by atoms with E-state index in [9.17, 15) is 17.2 Å². The number of benzene rings is 1. The Morgan fingerprint density at radius 1 is 1.23 bits per heavy atom. The van der Waals surface area contributed by atoms with Gasteiger partial charge in [0, 0.05) is 25.2 Å². The zero-order valence-electron chi connectivity index (χ0n) is 12.6. The predicted octanol–water partition coefficient (Wildman–Crippen LogP) is 2.44. The number of rotatable bonds is 3. The standard InChI is InChI=1S/C14H20F2N2O2S.ClH/c1-9-7-14(13(16)8-12(9)15)21(19,20)18-5-3-11(4-6-18)10(2)17;/h7-8,10-11H,3-6,17H2,1-2H3;1H. The van der Waals surface area contributed by atoms with E-state index in [1.54, 1.807) is 0 Å². The summed E-state index contributed by atoms with van der Waals surface area (Å²) in [5, 5.41) is 0. The number of halogens is 3. The average molecular weight is 355 g/mol. The number of hydrogen-bond donors (Lipinski definition) is 1. The van der Waals surface area contributed by atoms with Crippen molar-refractivity contribution >= 4 is 22.4 Å². The molecule has 1 saturated heterocycles. The molecule has 0 radical (unpaired) electrons. The van der Waals surface area contributed by atoms with Gasteiger partial charge in [-0.1, -0.05) is 0 Å². The number of aryl methyl sites for hydroxylation is 1. The van der Waals surface area contributed by atoms with Crippen LogP contribution in [0.5, 0.6) is 0 Å². The topological polar surface area (TPSA) is 63.4 Å². The maximum atomic E-state index is 13.8. The van der Waals surface area contributed by atoms with Crippen LogP contribution in [0, 0.1) is 24.5 Å². The van der Waals surface area contributed by atoms with Crippen molar-refractivity contribution in [2.24, 2.45) is 11.7 Å². The summed E-state index contributed by atoms with van der Waals surface area (Å²) in [5.41, 5.74) is 5.94. The van der Waals surface area contributed by atoms with Crippen LogP contribution in [0.4, 0.5) is 8.78 Å². The number of nitrogens with zero attached hydrogens (tertiary/aromatic N) is 1. The summed E-state index contributed by atoms with van der Waals surface area (Å²) in [5.74, 6) is -1.52. The first kappa shape index (κ1) is 19.3. The molecule has 1 aromatic carbocycles.